The molecule has 2 heterocycles. The highest BCUT2D eigenvalue weighted by Crippen LogP contribution is 2.38. The van der Waals surface area contributed by atoms with E-state index in [9.17, 15) is 4.39 Å². The Morgan fingerprint density at radius 3 is 2.81 bits per heavy atom. The molecule has 1 aromatic carbocycles. The molecule has 0 aliphatic heterocycles. The summed E-state index contributed by atoms with van der Waals surface area (Å²) in [4.78, 5) is 4.61. The summed E-state index contributed by atoms with van der Waals surface area (Å²) < 4.78 is 14.7. The molecular formula is C16H16BrFN2S. The van der Waals surface area contributed by atoms with Gasteiger partial charge in [-0.1, -0.05) is 0 Å². The van der Waals surface area contributed by atoms with Crippen molar-refractivity contribution in [2.45, 2.75) is 19.3 Å². The largest absolute Gasteiger partial charge is 0.354 e. The maximum absolute atomic E-state index is 13.6. The monoisotopic (exact) mass is 366 g/mol. The number of hydrogen-bond acceptors (Lipinski definition) is 2. The highest BCUT2D eigenvalue weighted by Gasteiger charge is 2.16. The zero-order valence-electron chi connectivity index (χ0n) is 11.5. The van der Waals surface area contributed by atoms with E-state index in [0.717, 1.165) is 45.2 Å². The van der Waals surface area contributed by atoms with Crippen molar-refractivity contribution in [2.75, 3.05) is 6.54 Å². The number of H-pyrrole nitrogens is 1. The number of aromatic nitrogens is 1. The van der Waals surface area contributed by atoms with E-state index in [1.54, 1.807) is 17.4 Å². The molecule has 2 aromatic heterocycles. The number of fused-ring (bicyclic) bond motifs is 1. The minimum Gasteiger partial charge on any atom is -0.354 e. The van der Waals surface area contributed by atoms with Gasteiger partial charge in [0.1, 0.15) is 5.82 Å². The van der Waals surface area contributed by atoms with E-state index in [0.29, 0.717) is 6.54 Å². The van der Waals surface area contributed by atoms with E-state index in [4.69, 9.17) is 5.73 Å². The Kier molecular flexibility index (Phi) is 4.42. The second-order valence-electron chi connectivity index (χ2n) is 5.01. The summed E-state index contributed by atoms with van der Waals surface area (Å²) in [6.45, 7) is 0.689. The Morgan fingerprint density at radius 2 is 2.10 bits per heavy atom. The van der Waals surface area contributed by atoms with Gasteiger partial charge in [0, 0.05) is 15.4 Å². The third-order valence-electron chi connectivity index (χ3n) is 3.59. The smallest absolute Gasteiger partial charge is 0.123 e. The number of thiophene rings is 1. The van der Waals surface area contributed by atoms with Crippen LogP contribution in [-0.2, 0) is 6.42 Å². The Labute approximate surface area is 135 Å². The number of rotatable bonds is 5. The Balaban J connectivity index is 2.13. The molecule has 0 bridgehead atoms. The van der Waals surface area contributed by atoms with Crippen molar-refractivity contribution in [3.63, 3.8) is 0 Å². The molecule has 0 fully saturated rings. The lowest BCUT2D eigenvalue weighted by molar-refractivity contribution is 0.629. The predicted molar refractivity (Wildman–Crippen MR) is 91.3 cm³/mol. The molecule has 0 amide bonds. The first-order valence-corrected chi connectivity index (χ1v) is 8.61. The average molecular weight is 367 g/mol. The Hall–Kier alpha value is -1.17. The maximum atomic E-state index is 13.6. The first kappa shape index (κ1) is 14.8. The second kappa shape index (κ2) is 6.30. The van der Waals surface area contributed by atoms with Gasteiger partial charge < -0.3 is 10.7 Å². The predicted octanol–water partition coefficient (Wildman–Crippen LogP) is 5.08. The Morgan fingerprint density at radius 1 is 1.24 bits per heavy atom. The first-order valence-electron chi connectivity index (χ1n) is 6.94. The van der Waals surface area contributed by atoms with Crippen LogP contribution in [0.25, 0.3) is 21.5 Å². The molecule has 0 saturated heterocycles. The van der Waals surface area contributed by atoms with Crippen LogP contribution in [0.4, 0.5) is 4.39 Å². The maximum Gasteiger partial charge on any atom is 0.123 e. The van der Waals surface area contributed by atoms with Gasteiger partial charge in [-0.05, 0) is 76.9 Å². The minimum absolute atomic E-state index is 0.196. The third-order valence-corrected chi connectivity index (χ3v) is 5.45. The molecule has 0 aliphatic rings. The number of nitrogens with two attached hydrogens (primary N) is 1. The van der Waals surface area contributed by atoms with Crippen molar-refractivity contribution < 1.29 is 4.39 Å². The SMILES string of the molecule is NCCCCc1c(-c2sccc2Br)[nH]c2ccc(F)cc12. The van der Waals surface area contributed by atoms with Crippen LogP contribution in [-0.4, -0.2) is 11.5 Å². The molecule has 0 atom stereocenters. The van der Waals surface area contributed by atoms with Gasteiger partial charge in [0.25, 0.3) is 0 Å². The zero-order valence-corrected chi connectivity index (χ0v) is 13.9. The number of aryl methyl sites for hydroxylation is 1. The van der Waals surface area contributed by atoms with Crippen LogP contribution in [0.15, 0.2) is 34.1 Å². The lowest BCUT2D eigenvalue weighted by Crippen LogP contribution is -1.99. The van der Waals surface area contributed by atoms with Crippen LogP contribution < -0.4 is 5.73 Å². The van der Waals surface area contributed by atoms with Crippen molar-refractivity contribution in [3.05, 3.63) is 45.5 Å². The standard InChI is InChI=1S/C16H16BrFN2S/c17-13-6-8-21-16(13)15-11(3-1-2-7-19)12-9-10(18)4-5-14(12)20-15/h4-6,8-9,20H,1-3,7,19H2. The van der Waals surface area contributed by atoms with Gasteiger partial charge >= 0.3 is 0 Å². The number of aromatic amines is 1. The number of halogens is 2. The van der Waals surface area contributed by atoms with Crippen LogP contribution in [0, 0.1) is 5.82 Å². The van der Waals surface area contributed by atoms with E-state index in [2.05, 4.69) is 26.3 Å². The van der Waals surface area contributed by atoms with Crippen molar-refractivity contribution in [2.24, 2.45) is 5.73 Å². The third kappa shape index (κ3) is 2.91. The van der Waals surface area contributed by atoms with Crippen LogP contribution >= 0.6 is 27.3 Å². The van der Waals surface area contributed by atoms with Crippen LogP contribution in [0.5, 0.6) is 0 Å². The van der Waals surface area contributed by atoms with Crippen molar-refractivity contribution >= 4 is 38.2 Å². The fourth-order valence-electron chi connectivity index (χ4n) is 2.59. The van der Waals surface area contributed by atoms with E-state index in [1.165, 1.54) is 11.6 Å². The lowest BCUT2D eigenvalue weighted by Gasteiger charge is -2.04. The molecule has 0 aliphatic carbocycles. The molecule has 0 radical (unpaired) electrons. The second-order valence-corrected chi connectivity index (χ2v) is 6.78. The number of benzene rings is 1. The summed E-state index contributed by atoms with van der Waals surface area (Å²) >= 11 is 5.27. The van der Waals surface area contributed by atoms with Gasteiger partial charge in [-0.25, -0.2) is 4.39 Å². The van der Waals surface area contributed by atoms with Crippen LogP contribution in [0.1, 0.15) is 18.4 Å². The van der Waals surface area contributed by atoms with E-state index < -0.39 is 0 Å². The molecule has 21 heavy (non-hydrogen) atoms. The van der Waals surface area contributed by atoms with Gasteiger partial charge in [-0.2, -0.15) is 0 Å². The molecule has 5 heteroatoms. The summed E-state index contributed by atoms with van der Waals surface area (Å²) in [6, 6.07) is 6.96. The highest BCUT2D eigenvalue weighted by molar-refractivity contribution is 9.10. The molecule has 2 nitrogen and oxygen atoms in total. The summed E-state index contributed by atoms with van der Waals surface area (Å²) in [5.74, 6) is -0.196. The highest BCUT2D eigenvalue weighted by atomic mass is 79.9. The van der Waals surface area contributed by atoms with Gasteiger partial charge in [0.15, 0.2) is 0 Å². The van der Waals surface area contributed by atoms with Crippen LogP contribution in [0.2, 0.25) is 0 Å². The molecule has 0 spiro atoms. The molecule has 0 unspecified atom stereocenters. The van der Waals surface area contributed by atoms with Crippen molar-refractivity contribution in [3.8, 4) is 10.6 Å². The van der Waals surface area contributed by atoms with Gasteiger partial charge in [0.2, 0.25) is 0 Å². The molecule has 3 aromatic rings. The van der Waals surface area contributed by atoms with Gasteiger partial charge in [0.05, 0.1) is 10.6 Å². The molecule has 3 rings (SSSR count). The summed E-state index contributed by atoms with van der Waals surface area (Å²) in [6.07, 6.45) is 2.89. The fraction of sp³-hybridized carbons (Fsp3) is 0.250. The fourth-order valence-corrected chi connectivity index (χ4v) is 4.19. The minimum atomic E-state index is -0.196. The van der Waals surface area contributed by atoms with E-state index in [-0.39, 0.29) is 5.82 Å². The van der Waals surface area contributed by atoms with E-state index >= 15 is 0 Å². The van der Waals surface area contributed by atoms with Crippen molar-refractivity contribution in [1.29, 1.82) is 0 Å². The van der Waals surface area contributed by atoms with Crippen LogP contribution in [0.3, 0.4) is 0 Å². The van der Waals surface area contributed by atoms with Gasteiger partial charge in [-0.15, -0.1) is 11.3 Å². The molecule has 110 valence electrons. The summed E-state index contributed by atoms with van der Waals surface area (Å²) in [5.41, 5.74) is 8.84. The van der Waals surface area contributed by atoms with Gasteiger partial charge in [-0.3, -0.25) is 0 Å². The van der Waals surface area contributed by atoms with E-state index in [1.807, 2.05) is 12.1 Å². The average Bonchev–Trinajstić information content (AvgIpc) is 3.03. The lowest BCUT2D eigenvalue weighted by atomic mass is 10.0. The molecule has 0 saturated carbocycles. The van der Waals surface area contributed by atoms with Crippen molar-refractivity contribution in [1.82, 2.24) is 4.98 Å². The number of unbranched alkanes of at least 4 members (excludes halogenated alkanes) is 1. The summed E-state index contributed by atoms with van der Waals surface area (Å²) in [7, 11) is 0. The number of nitrogens with one attached hydrogen (secondary N) is 1. The zero-order chi connectivity index (χ0) is 14.8. The summed E-state index contributed by atoms with van der Waals surface area (Å²) in [5, 5.41) is 3.03. The first-order chi connectivity index (χ1) is 10.2. The number of hydrogen-bond donors (Lipinski definition) is 2. The molecular weight excluding hydrogens is 351 g/mol. The topological polar surface area (TPSA) is 41.8 Å². The Bertz CT molecular complexity index is 763. The normalized spacial score (nSPS) is 11.4. The quantitative estimate of drug-likeness (QED) is 0.607. The molecule has 3 N–H and O–H groups in total.